The zero-order valence-corrected chi connectivity index (χ0v) is 9.07. The van der Waals surface area contributed by atoms with Gasteiger partial charge in [0.25, 0.3) is 5.56 Å². The Balaban J connectivity index is 2.51. The van der Waals surface area contributed by atoms with Gasteiger partial charge in [0.1, 0.15) is 0 Å². The number of amides is 1. The molecule has 16 heavy (non-hydrogen) atoms. The summed E-state index contributed by atoms with van der Waals surface area (Å²) in [6.45, 7) is 3.37. The number of fused-ring (bicyclic) bond motifs is 1. The van der Waals surface area contributed by atoms with E-state index < -0.39 is 0 Å². The summed E-state index contributed by atoms with van der Waals surface area (Å²) < 4.78 is 1.35. The van der Waals surface area contributed by atoms with Crippen molar-refractivity contribution in [1.29, 1.82) is 0 Å². The van der Waals surface area contributed by atoms with Gasteiger partial charge in [-0.1, -0.05) is 0 Å². The van der Waals surface area contributed by atoms with Gasteiger partial charge in [-0.25, -0.2) is 9.50 Å². The molecule has 6 nitrogen and oxygen atoms in total. The summed E-state index contributed by atoms with van der Waals surface area (Å²) in [6.07, 6.45) is 1.64. The molecule has 2 heterocycles. The maximum absolute atomic E-state index is 12.0. The number of rotatable bonds is 2. The Morgan fingerprint density at radius 3 is 3.06 bits per heavy atom. The highest BCUT2D eigenvalue weighted by Crippen LogP contribution is 2.02. The van der Waals surface area contributed by atoms with Gasteiger partial charge >= 0.3 is 0 Å². The van der Waals surface area contributed by atoms with Gasteiger partial charge < -0.3 is 5.32 Å². The minimum Gasteiger partial charge on any atom is -0.352 e. The van der Waals surface area contributed by atoms with Gasteiger partial charge in [-0.3, -0.25) is 14.7 Å². The fourth-order valence-electron chi connectivity index (χ4n) is 1.52. The van der Waals surface area contributed by atoms with Crippen LogP contribution in [0.25, 0.3) is 5.65 Å². The normalized spacial score (nSPS) is 10.6. The molecule has 2 aromatic rings. The van der Waals surface area contributed by atoms with Crippen molar-refractivity contribution in [3.8, 4) is 0 Å². The first-order valence-corrected chi connectivity index (χ1v) is 4.89. The third kappa shape index (κ3) is 1.69. The van der Waals surface area contributed by atoms with E-state index in [-0.39, 0.29) is 18.0 Å². The molecule has 0 unspecified atom stereocenters. The van der Waals surface area contributed by atoms with E-state index in [0.717, 1.165) is 0 Å². The van der Waals surface area contributed by atoms with Crippen molar-refractivity contribution < 1.29 is 4.79 Å². The number of carbonyl (C=O) groups excluding carboxylic acids is 1. The maximum Gasteiger partial charge on any atom is 0.277 e. The number of nitrogens with zero attached hydrogens (tertiary/aromatic N) is 2. The van der Waals surface area contributed by atoms with Crippen LogP contribution >= 0.6 is 0 Å². The number of carbonyl (C=O) groups is 1. The number of aromatic amines is 1. The Kier molecular flexibility index (Phi) is 2.47. The van der Waals surface area contributed by atoms with E-state index in [1.807, 2.05) is 0 Å². The lowest BCUT2D eigenvalue weighted by molar-refractivity contribution is -0.119. The molecule has 0 aliphatic rings. The summed E-state index contributed by atoms with van der Waals surface area (Å²) >= 11 is 0. The molecule has 1 amide bonds. The summed E-state index contributed by atoms with van der Waals surface area (Å²) in [5.41, 5.74) is 1.53. The fraction of sp³-hybridized carbons (Fsp3) is 0.300. The van der Waals surface area contributed by atoms with Gasteiger partial charge in [-0.15, -0.1) is 0 Å². The molecule has 0 radical (unpaired) electrons. The molecule has 0 saturated heterocycles. The largest absolute Gasteiger partial charge is 0.352 e. The number of aromatic nitrogens is 3. The van der Waals surface area contributed by atoms with E-state index in [9.17, 15) is 9.59 Å². The summed E-state index contributed by atoms with van der Waals surface area (Å²) in [4.78, 5) is 27.0. The van der Waals surface area contributed by atoms with Crippen molar-refractivity contribution in [3.05, 3.63) is 33.9 Å². The van der Waals surface area contributed by atoms with Crippen LogP contribution < -0.4 is 10.9 Å². The molecule has 0 aliphatic carbocycles. The van der Waals surface area contributed by atoms with E-state index >= 15 is 0 Å². The molecule has 2 aromatic heterocycles. The molecule has 6 heteroatoms. The lowest BCUT2D eigenvalue weighted by Crippen LogP contribution is -2.28. The van der Waals surface area contributed by atoms with E-state index in [0.29, 0.717) is 16.9 Å². The van der Waals surface area contributed by atoms with Crippen LogP contribution in [0.5, 0.6) is 0 Å². The lowest BCUT2D eigenvalue weighted by Gasteiger charge is -2.05. The Labute approximate surface area is 91.3 Å². The van der Waals surface area contributed by atoms with E-state index in [4.69, 9.17) is 0 Å². The molecule has 2 rings (SSSR count). The van der Waals surface area contributed by atoms with Crippen LogP contribution in [0.15, 0.2) is 17.1 Å². The number of hydrogen-bond acceptors (Lipinski definition) is 3. The van der Waals surface area contributed by atoms with Gasteiger partial charge in [0, 0.05) is 19.2 Å². The van der Waals surface area contributed by atoms with Crippen LogP contribution in [0.1, 0.15) is 18.2 Å². The lowest BCUT2D eigenvalue weighted by atomic mass is 10.2. The molecule has 2 N–H and O–H groups in total. The molecule has 0 saturated carbocycles. The second kappa shape index (κ2) is 3.80. The predicted molar refractivity (Wildman–Crippen MR) is 58.1 cm³/mol. The number of H-pyrrole nitrogens is 1. The number of hydrogen-bond donors (Lipinski definition) is 2. The fourth-order valence-corrected chi connectivity index (χ4v) is 1.52. The Hall–Kier alpha value is -2.11. The minimum atomic E-state index is -0.179. The first-order chi connectivity index (χ1) is 7.59. The van der Waals surface area contributed by atoms with E-state index in [2.05, 4.69) is 15.4 Å². The zero-order valence-electron chi connectivity index (χ0n) is 9.07. The van der Waals surface area contributed by atoms with E-state index in [1.165, 1.54) is 11.4 Å². The highest BCUT2D eigenvalue weighted by atomic mass is 16.1. The average Bonchev–Trinajstić information content (AvgIpc) is 2.64. The van der Waals surface area contributed by atoms with Crippen molar-refractivity contribution >= 4 is 11.6 Å². The minimum absolute atomic E-state index is 0.171. The molecule has 84 valence electrons. The molecular formula is C10H12N4O2. The summed E-state index contributed by atoms with van der Waals surface area (Å²) in [5, 5.41) is 5.37. The quantitative estimate of drug-likeness (QED) is 0.745. The van der Waals surface area contributed by atoms with Crippen molar-refractivity contribution in [3.63, 3.8) is 0 Å². The zero-order chi connectivity index (χ0) is 11.7. The van der Waals surface area contributed by atoms with Crippen LogP contribution in [-0.2, 0) is 11.3 Å². The van der Waals surface area contributed by atoms with Crippen LogP contribution in [0.3, 0.4) is 0 Å². The Bertz CT molecular complexity index is 596. The van der Waals surface area contributed by atoms with E-state index in [1.54, 1.807) is 19.2 Å². The van der Waals surface area contributed by atoms with Crippen molar-refractivity contribution in [1.82, 2.24) is 19.9 Å². The standard InChI is InChI=1S/C10H12N4O2/c1-6-8(5-11-7(2)15)10(16)14-9(13-6)3-4-12-14/h3-4,12H,5H2,1-2H3,(H,11,15). The highest BCUT2D eigenvalue weighted by Gasteiger charge is 2.10. The van der Waals surface area contributed by atoms with Crippen molar-refractivity contribution in [2.75, 3.05) is 0 Å². The molecule has 0 atom stereocenters. The first kappa shape index (κ1) is 10.4. The smallest absolute Gasteiger partial charge is 0.277 e. The van der Waals surface area contributed by atoms with Gasteiger partial charge in [-0.2, -0.15) is 0 Å². The molecule has 0 aliphatic heterocycles. The second-order valence-corrected chi connectivity index (χ2v) is 3.55. The van der Waals surface area contributed by atoms with Gasteiger partial charge in [0.15, 0.2) is 5.65 Å². The van der Waals surface area contributed by atoms with Gasteiger partial charge in [0.2, 0.25) is 5.91 Å². The molecule has 0 aromatic carbocycles. The molecule has 0 fully saturated rings. The number of aryl methyl sites for hydroxylation is 1. The van der Waals surface area contributed by atoms with Crippen LogP contribution in [0.2, 0.25) is 0 Å². The van der Waals surface area contributed by atoms with Crippen molar-refractivity contribution in [2.45, 2.75) is 20.4 Å². The molecule has 0 spiro atoms. The Morgan fingerprint density at radius 2 is 2.38 bits per heavy atom. The third-order valence-electron chi connectivity index (χ3n) is 2.36. The highest BCUT2D eigenvalue weighted by molar-refractivity contribution is 5.72. The summed E-state index contributed by atoms with van der Waals surface area (Å²) in [5.74, 6) is -0.171. The first-order valence-electron chi connectivity index (χ1n) is 4.89. The maximum atomic E-state index is 12.0. The SMILES string of the molecule is CC(=O)NCc1c(C)nc2cc[nH]n2c1=O. The molecular weight excluding hydrogens is 208 g/mol. The summed E-state index contributed by atoms with van der Waals surface area (Å²) in [6, 6.07) is 1.72. The Morgan fingerprint density at radius 1 is 1.62 bits per heavy atom. The monoisotopic (exact) mass is 220 g/mol. The third-order valence-corrected chi connectivity index (χ3v) is 2.36. The van der Waals surface area contributed by atoms with Crippen LogP contribution in [0, 0.1) is 6.92 Å². The van der Waals surface area contributed by atoms with Crippen molar-refractivity contribution in [2.24, 2.45) is 0 Å². The van der Waals surface area contributed by atoms with Gasteiger partial charge in [-0.05, 0) is 6.92 Å². The average molecular weight is 220 g/mol. The predicted octanol–water partition coefficient (Wildman–Crippen LogP) is -0.0329. The number of nitrogens with one attached hydrogen (secondary N) is 2. The van der Waals surface area contributed by atoms with Crippen LogP contribution in [-0.4, -0.2) is 20.5 Å². The van der Waals surface area contributed by atoms with Gasteiger partial charge in [0.05, 0.1) is 17.8 Å². The second-order valence-electron chi connectivity index (χ2n) is 3.55. The summed E-state index contributed by atoms with van der Waals surface area (Å²) in [7, 11) is 0. The van der Waals surface area contributed by atoms with Crippen LogP contribution in [0.4, 0.5) is 0 Å². The molecule has 0 bridgehead atoms. The topological polar surface area (TPSA) is 79.3 Å².